The van der Waals surface area contributed by atoms with Gasteiger partial charge in [0.25, 0.3) is 11.5 Å². The van der Waals surface area contributed by atoms with Crippen LogP contribution in [0.15, 0.2) is 47.8 Å². The van der Waals surface area contributed by atoms with Crippen molar-refractivity contribution >= 4 is 17.5 Å². The highest BCUT2D eigenvalue weighted by Crippen LogP contribution is 2.30. The summed E-state index contributed by atoms with van der Waals surface area (Å²) >= 11 is 6.14. The number of carbonyl (C=O) groups is 1. The van der Waals surface area contributed by atoms with Crippen LogP contribution in [0.1, 0.15) is 42.5 Å². The highest BCUT2D eigenvalue weighted by atomic mass is 35.5. The Hall–Kier alpha value is -3.13. The van der Waals surface area contributed by atoms with Gasteiger partial charge in [0.15, 0.2) is 0 Å². The van der Waals surface area contributed by atoms with Crippen LogP contribution in [0.25, 0.3) is 11.4 Å². The van der Waals surface area contributed by atoms with Crippen molar-refractivity contribution in [3.05, 3.63) is 69.9 Å². The van der Waals surface area contributed by atoms with E-state index in [2.05, 4.69) is 20.3 Å². The number of fused-ring (bicyclic) bond motifs is 1. The van der Waals surface area contributed by atoms with Crippen LogP contribution in [0.2, 0.25) is 5.02 Å². The lowest BCUT2D eigenvalue weighted by molar-refractivity contribution is 0.0889. The molecule has 0 bridgehead atoms. The fourth-order valence-electron chi connectivity index (χ4n) is 3.56. The topological polar surface area (TPSA) is 103 Å². The van der Waals surface area contributed by atoms with Gasteiger partial charge in [-0.05, 0) is 44.4 Å². The molecule has 3 aromatic heterocycles. The summed E-state index contributed by atoms with van der Waals surface area (Å²) in [5.74, 6) is 0.0877. The van der Waals surface area contributed by atoms with Gasteiger partial charge in [0.05, 0.1) is 21.9 Å². The number of hydrogen-bond donors (Lipinski definition) is 1. The molecule has 1 atom stereocenters. The van der Waals surface area contributed by atoms with E-state index in [1.54, 1.807) is 29.0 Å². The Balaban J connectivity index is 1.80. The number of nitrogens with one attached hydrogen (secondary N) is 1. The molecule has 9 heteroatoms. The maximum Gasteiger partial charge on any atom is 0.272 e. The van der Waals surface area contributed by atoms with Gasteiger partial charge in [0.1, 0.15) is 17.8 Å². The number of amides is 1. The largest absolute Gasteiger partial charge is 0.338 e. The first-order chi connectivity index (χ1) is 14.0. The summed E-state index contributed by atoms with van der Waals surface area (Å²) in [5, 5.41) is 3.28. The summed E-state index contributed by atoms with van der Waals surface area (Å²) < 4.78 is 1.62. The molecule has 1 unspecified atom stereocenters. The summed E-state index contributed by atoms with van der Waals surface area (Å²) in [5.41, 5.74) is 0.0897. The fourth-order valence-corrected chi connectivity index (χ4v) is 3.77. The van der Waals surface area contributed by atoms with E-state index in [1.807, 2.05) is 6.92 Å². The first-order valence-electron chi connectivity index (χ1n) is 9.30. The van der Waals surface area contributed by atoms with Crippen LogP contribution in [0, 0.1) is 0 Å². The van der Waals surface area contributed by atoms with Crippen LogP contribution in [-0.2, 0) is 12.1 Å². The van der Waals surface area contributed by atoms with E-state index >= 15 is 0 Å². The summed E-state index contributed by atoms with van der Waals surface area (Å²) in [6.07, 6.45) is 6.79. The highest BCUT2D eigenvalue weighted by molar-refractivity contribution is 6.33. The Labute approximate surface area is 172 Å². The Morgan fingerprint density at radius 1 is 1.21 bits per heavy atom. The van der Waals surface area contributed by atoms with Gasteiger partial charge in [-0.25, -0.2) is 19.9 Å². The maximum atomic E-state index is 12.9. The Bertz CT molecular complexity index is 1120. The average Bonchev–Trinajstić information content (AvgIpc) is 2.88. The molecule has 3 aromatic rings. The SMILES string of the molecule is CC1(NC(=O)c2ncccc2Cl)CCCCn2c1nc(-c1ccncn1)cc2=O. The third kappa shape index (κ3) is 3.75. The zero-order valence-corrected chi connectivity index (χ0v) is 16.6. The molecule has 0 saturated heterocycles. The second-order valence-electron chi connectivity index (χ2n) is 7.13. The smallest absolute Gasteiger partial charge is 0.272 e. The van der Waals surface area contributed by atoms with Crippen LogP contribution in [0.4, 0.5) is 0 Å². The minimum atomic E-state index is -0.864. The van der Waals surface area contributed by atoms with Crippen LogP contribution in [-0.4, -0.2) is 30.4 Å². The lowest BCUT2D eigenvalue weighted by Crippen LogP contribution is -2.47. The van der Waals surface area contributed by atoms with Crippen LogP contribution in [0.5, 0.6) is 0 Å². The van der Waals surface area contributed by atoms with Crippen molar-refractivity contribution < 1.29 is 4.79 Å². The fraction of sp³-hybridized carbons (Fsp3) is 0.300. The van der Waals surface area contributed by atoms with Crippen molar-refractivity contribution in [1.29, 1.82) is 0 Å². The van der Waals surface area contributed by atoms with E-state index in [0.717, 1.165) is 12.8 Å². The first kappa shape index (κ1) is 19.2. The van der Waals surface area contributed by atoms with Crippen molar-refractivity contribution in [3.63, 3.8) is 0 Å². The van der Waals surface area contributed by atoms with Crippen molar-refractivity contribution in [2.75, 3.05) is 0 Å². The lowest BCUT2D eigenvalue weighted by atomic mass is 9.94. The zero-order chi connectivity index (χ0) is 20.4. The Kier molecular flexibility index (Phi) is 5.10. The molecule has 1 aliphatic rings. The van der Waals surface area contributed by atoms with Gasteiger partial charge in [-0.3, -0.25) is 14.2 Å². The van der Waals surface area contributed by atoms with Crippen molar-refractivity contribution in [1.82, 2.24) is 29.8 Å². The van der Waals surface area contributed by atoms with Gasteiger partial charge in [0.2, 0.25) is 0 Å². The molecule has 148 valence electrons. The minimum Gasteiger partial charge on any atom is -0.338 e. The molecular weight excluding hydrogens is 392 g/mol. The summed E-state index contributed by atoms with van der Waals surface area (Å²) in [6, 6.07) is 6.44. The average molecular weight is 411 g/mol. The van der Waals surface area contributed by atoms with E-state index in [0.29, 0.717) is 30.2 Å². The first-order valence-corrected chi connectivity index (χ1v) is 9.67. The molecule has 1 amide bonds. The Morgan fingerprint density at radius 3 is 2.83 bits per heavy atom. The number of hydrogen-bond acceptors (Lipinski definition) is 6. The molecule has 0 aromatic carbocycles. The minimum absolute atomic E-state index is 0.139. The van der Waals surface area contributed by atoms with Crippen LogP contribution < -0.4 is 10.9 Å². The third-order valence-corrected chi connectivity index (χ3v) is 5.32. The molecule has 0 fully saturated rings. The number of halogens is 1. The van der Waals surface area contributed by atoms with Gasteiger partial charge in [-0.2, -0.15) is 0 Å². The maximum absolute atomic E-state index is 12.9. The number of nitrogens with zero attached hydrogens (tertiary/aromatic N) is 5. The highest BCUT2D eigenvalue weighted by Gasteiger charge is 2.36. The quantitative estimate of drug-likeness (QED) is 0.711. The van der Waals surface area contributed by atoms with Gasteiger partial charge in [-0.15, -0.1) is 0 Å². The Morgan fingerprint density at radius 2 is 2.07 bits per heavy atom. The van der Waals surface area contributed by atoms with Gasteiger partial charge < -0.3 is 5.32 Å². The third-order valence-electron chi connectivity index (χ3n) is 5.02. The number of pyridine rings is 1. The molecule has 29 heavy (non-hydrogen) atoms. The predicted octanol–water partition coefficient (Wildman–Crippen LogP) is 2.58. The predicted molar refractivity (Wildman–Crippen MR) is 107 cm³/mol. The summed E-state index contributed by atoms with van der Waals surface area (Å²) in [4.78, 5) is 42.7. The number of carbonyl (C=O) groups excluding carboxylic acids is 1. The molecular formula is C20H19ClN6O2. The van der Waals surface area contributed by atoms with E-state index in [1.165, 1.54) is 18.6 Å². The van der Waals surface area contributed by atoms with Crippen molar-refractivity contribution in [3.8, 4) is 11.4 Å². The molecule has 0 spiro atoms. The van der Waals surface area contributed by atoms with Crippen LogP contribution in [0.3, 0.4) is 0 Å². The molecule has 4 rings (SSSR count). The van der Waals surface area contributed by atoms with Gasteiger partial charge in [-0.1, -0.05) is 11.6 Å². The number of aromatic nitrogens is 5. The van der Waals surface area contributed by atoms with Crippen LogP contribution >= 0.6 is 11.6 Å². The van der Waals surface area contributed by atoms with E-state index in [-0.39, 0.29) is 16.3 Å². The lowest BCUT2D eigenvalue weighted by Gasteiger charge is -2.30. The molecule has 1 aliphatic heterocycles. The molecule has 4 heterocycles. The number of rotatable bonds is 3. The molecule has 8 nitrogen and oxygen atoms in total. The van der Waals surface area contributed by atoms with E-state index in [4.69, 9.17) is 16.6 Å². The van der Waals surface area contributed by atoms with Gasteiger partial charge >= 0.3 is 0 Å². The summed E-state index contributed by atoms with van der Waals surface area (Å²) in [7, 11) is 0. The second kappa shape index (κ2) is 7.71. The molecule has 0 radical (unpaired) electrons. The monoisotopic (exact) mass is 410 g/mol. The summed E-state index contributed by atoms with van der Waals surface area (Å²) in [6.45, 7) is 2.41. The second-order valence-corrected chi connectivity index (χ2v) is 7.53. The zero-order valence-electron chi connectivity index (χ0n) is 15.8. The normalized spacial score (nSPS) is 18.6. The molecule has 1 N–H and O–H groups in total. The van der Waals surface area contributed by atoms with Crippen molar-refractivity contribution in [2.45, 2.75) is 38.3 Å². The van der Waals surface area contributed by atoms with E-state index < -0.39 is 11.4 Å². The molecule has 0 saturated carbocycles. The van der Waals surface area contributed by atoms with Gasteiger partial charge in [0, 0.05) is 25.0 Å². The molecule has 0 aliphatic carbocycles. The van der Waals surface area contributed by atoms with E-state index in [9.17, 15) is 9.59 Å². The standard InChI is InChI=1S/C20H19ClN6O2/c1-20(26-18(29)17-13(21)5-4-8-23-17)7-2-3-10-27-16(28)11-15(25-19(20)27)14-6-9-22-12-24-14/h4-6,8-9,11-12H,2-3,7,10H2,1H3,(H,26,29). The van der Waals surface area contributed by atoms with Crippen molar-refractivity contribution in [2.24, 2.45) is 0 Å².